The van der Waals surface area contributed by atoms with Crippen molar-refractivity contribution in [1.82, 2.24) is 0 Å². The number of ether oxygens (including phenoxy) is 1. The van der Waals surface area contributed by atoms with E-state index in [0.29, 0.717) is 12.2 Å². The minimum absolute atomic E-state index is 0.0248. The summed E-state index contributed by atoms with van der Waals surface area (Å²) in [6.45, 7) is 1.99. The molecule has 3 rings (SSSR count). The molecule has 0 heterocycles. The second kappa shape index (κ2) is 9.53. The number of hydrogen-bond acceptors (Lipinski definition) is 5. The summed E-state index contributed by atoms with van der Waals surface area (Å²) in [7, 11) is -2.53. The quantitative estimate of drug-likeness (QED) is 0.458. The number of sulfonamides is 1. The average Bonchev–Trinajstić information content (AvgIpc) is 2.75. The number of amides is 1. The maximum Gasteiger partial charge on any atom is 0.262 e. The molecule has 3 aromatic carbocycles. The average molecular weight is 441 g/mol. The molecule has 0 radical (unpaired) electrons. The number of aryl methyl sites for hydroxylation is 2. The van der Waals surface area contributed by atoms with Crippen molar-refractivity contribution in [2.24, 2.45) is 0 Å². The number of carbonyl (C=O) groups excluding carboxylic acids is 1. The lowest BCUT2D eigenvalue weighted by Gasteiger charge is -2.13. The predicted octanol–water partition coefficient (Wildman–Crippen LogP) is 4.08. The first-order chi connectivity index (χ1) is 14.8. The molecule has 0 saturated carbocycles. The number of rotatable bonds is 8. The van der Waals surface area contributed by atoms with Crippen LogP contribution in [-0.4, -0.2) is 26.5 Å². The summed E-state index contributed by atoms with van der Waals surface area (Å²) < 4.78 is 33.2. The molecule has 0 aliphatic heterocycles. The zero-order valence-corrected chi connectivity index (χ0v) is 18.1. The maximum absolute atomic E-state index is 12.8. The van der Waals surface area contributed by atoms with Gasteiger partial charge in [0.1, 0.15) is 11.5 Å². The summed E-state index contributed by atoms with van der Waals surface area (Å²) in [5.41, 5.74) is 2.46. The Bertz CT molecular complexity index is 1170. The van der Waals surface area contributed by atoms with Gasteiger partial charge in [-0.2, -0.15) is 0 Å². The number of aromatic hydroxyl groups is 1. The molecule has 0 aromatic heterocycles. The third-order valence-corrected chi connectivity index (χ3v) is 6.03. The Balaban J connectivity index is 1.73. The molecule has 31 heavy (non-hydrogen) atoms. The van der Waals surface area contributed by atoms with Crippen molar-refractivity contribution in [3.8, 4) is 11.5 Å². The van der Waals surface area contributed by atoms with Gasteiger partial charge in [0.15, 0.2) is 0 Å². The van der Waals surface area contributed by atoms with E-state index in [9.17, 15) is 18.3 Å². The van der Waals surface area contributed by atoms with Gasteiger partial charge in [-0.15, -0.1) is 0 Å². The smallest absolute Gasteiger partial charge is 0.262 e. The van der Waals surface area contributed by atoms with E-state index >= 15 is 0 Å². The van der Waals surface area contributed by atoms with Crippen LogP contribution in [0.15, 0.2) is 71.6 Å². The van der Waals surface area contributed by atoms with E-state index in [-0.39, 0.29) is 34.3 Å². The molecule has 0 aliphatic rings. The Morgan fingerprint density at radius 3 is 2.42 bits per heavy atom. The van der Waals surface area contributed by atoms with Crippen molar-refractivity contribution < 1.29 is 23.1 Å². The summed E-state index contributed by atoms with van der Waals surface area (Å²) in [5, 5.41) is 12.7. The van der Waals surface area contributed by atoms with Crippen LogP contribution in [0.4, 0.5) is 11.4 Å². The SMILES string of the molecule is COc1ccccc1NS(=O)(=O)c1ccc(O)c(NC(=O)CCc2ccc(C)cc2)c1. The molecular formula is C23H24N2O5S. The molecule has 0 aliphatic carbocycles. The lowest BCUT2D eigenvalue weighted by molar-refractivity contribution is -0.116. The molecule has 3 N–H and O–H groups in total. The van der Waals surface area contributed by atoms with E-state index in [4.69, 9.17) is 4.74 Å². The fourth-order valence-corrected chi connectivity index (χ4v) is 4.04. The lowest BCUT2D eigenvalue weighted by atomic mass is 10.1. The Morgan fingerprint density at radius 1 is 1.00 bits per heavy atom. The molecule has 0 unspecified atom stereocenters. The highest BCUT2D eigenvalue weighted by molar-refractivity contribution is 7.92. The van der Waals surface area contributed by atoms with Crippen molar-refractivity contribution in [3.05, 3.63) is 77.9 Å². The van der Waals surface area contributed by atoms with Crippen LogP contribution in [0.25, 0.3) is 0 Å². The standard InChI is InChI=1S/C23H24N2O5S/c1-16-7-9-17(10-8-16)11-14-23(27)24-20-15-18(12-13-21(20)26)31(28,29)25-19-5-3-4-6-22(19)30-2/h3-10,12-13,15,25-26H,11,14H2,1-2H3,(H,24,27). The maximum atomic E-state index is 12.8. The van der Waals surface area contributed by atoms with Crippen molar-refractivity contribution in [2.45, 2.75) is 24.7 Å². The first kappa shape index (κ1) is 22.2. The molecule has 3 aromatic rings. The Morgan fingerprint density at radius 2 is 1.71 bits per heavy atom. The fraction of sp³-hybridized carbons (Fsp3) is 0.174. The van der Waals surface area contributed by atoms with Gasteiger partial charge in [-0.1, -0.05) is 42.0 Å². The Hall–Kier alpha value is -3.52. The molecule has 0 atom stereocenters. The fourth-order valence-electron chi connectivity index (χ4n) is 2.94. The van der Waals surface area contributed by atoms with E-state index in [2.05, 4.69) is 10.0 Å². The largest absolute Gasteiger partial charge is 0.506 e. The molecule has 162 valence electrons. The Labute approximate surface area is 181 Å². The van der Waals surface area contributed by atoms with E-state index < -0.39 is 10.0 Å². The topological polar surface area (TPSA) is 105 Å². The van der Waals surface area contributed by atoms with Crippen LogP contribution >= 0.6 is 0 Å². The molecule has 0 spiro atoms. The predicted molar refractivity (Wildman–Crippen MR) is 120 cm³/mol. The summed E-state index contributed by atoms with van der Waals surface area (Å²) in [6, 6.07) is 18.2. The zero-order valence-electron chi connectivity index (χ0n) is 17.3. The van der Waals surface area contributed by atoms with Crippen LogP contribution in [0.2, 0.25) is 0 Å². The number of phenolic OH excluding ortho intramolecular Hbond substituents is 1. The molecule has 0 fully saturated rings. The molecule has 7 nitrogen and oxygen atoms in total. The number of carbonyl (C=O) groups is 1. The third kappa shape index (κ3) is 5.76. The van der Waals surface area contributed by atoms with Gasteiger partial charge in [0.25, 0.3) is 10.0 Å². The second-order valence-corrected chi connectivity index (χ2v) is 8.70. The molecular weight excluding hydrogens is 416 g/mol. The van der Waals surface area contributed by atoms with Crippen LogP contribution < -0.4 is 14.8 Å². The van der Waals surface area contributed by atoms with Gasteiger partial charge in [-0.25, -0.2) is 8.42 Å². The van der Waals surface area contributed by atoms with Crippen LogP contribution in [0.5, 0.6) is 11.5 Å². The minimum Gasteiger partial charge on any atom is -0.506 e. The first-order valence-corrected chi connectivity index (χ1v) is 11.1. The number of methoxy groups -OCH3 is 1. The van der Waals surface area contributed by atoms with Crippen molar-refractivity contribution in [2.75, 3.05) is 17.1 Å². The molecule has 1 amide bonds. The number of nitrogens with one attached hydrogen (secondary N) is 2. The zero-order chi connectivity index (χ0) is 22.4. The van der Waals surface area contributed by atoms with Crippen molar-refractivity contribution in [3.63, 3.8) is 0 Å². The van der Waals surface area contributed by atoms with Gasteiger partial charge in [0.2, 0.25) is 5.91 Å². The van der Waals surface area contributed by atoms with Crippen molar-refractivity contribution >= 4 is 27.3 Å². The van der Waals surface area contributed by atoms with Gasteiger partial charge in [-0.3, -0.25) is 9.52 Å². The van der Waals surface area contributed by atoms with Crippen LogP contribution in [0.3, 0.4) is 0 Å². The first-order valence-electron chi connectivity index (χ1n) is 9.63. The number of benzene rings is 3. The van der Waals surface area contributed by atoms with Gasteiger partial charge < -0.3 is 15.2 Å². The summed E-state index contributed by atoms with van der Waals surface area (Å²) in [5.74, 6) is -0.183. The van der Waals surface area contributed by atoms with E-state index in [1.165, 1.54) is 25.3 Å². The molecule has 0 bridgehead atoms. The van der Waals surface area contributed by atoms with Gasteiger partial charge in [0.05, 0.1) is 23.4 Å². The summed E-state index contributed by atoms with van der Waals surface area (Å²) in [4.78, 5) is 12.2. The number of phenols is 1. The minimum atomic E-state index is -3.97. The highest BCUT2D eigenvalue weighted by Crippen LogP contribution is 2.30. The van der Waals surface area contributed by atoms with Gasteiger partial charge in [-0.05, 0) is 49.2 Å². The van der Waals surface area contributed by atoms with E-state index in [0.717, 1.165) is 11.1 Å². The summed E-state index contributed by atoms with van der Waals surface area (Å²) in [6.07, 6.45) is 0.721. The van der Waals surface area contributed by atoms with Crippen LogP contribution in [0, 0.1) is 6.92 Å². The highest BCUT2D eigenvalue weighted by Gasteiger charge is 2.19. The molecule has 8 heteroatoms. The van der Waals surface area contributed by atoms with Crippen molar-refractivity contribution in [1.29, 1.82) is 0 Å². The number of para-hydroxylation sites is 2. The summed E-state index contributed by atoms with van der Waals surface area (Å²) >= 11 is 0. The van der Waals surface area contributed by atoms with Gasteiger partial charge >= 0.3 is 0 Å². The number of anilines is 2. The Kier molecular flexibility index (Phi) is 6.81. The van der Waals surface area contributed by atoms with Gasteiger partial charge in [0, 0.05) is 6.42 Å². The normalized spacial score (nSPS) is 11.0. The van der Waals surface area contributed by atoms with E-state index in [1.807, 2.05) is 31.2 Å². The highest BCUT2D eigenvalue weighted by atomic mass is 32.2. The third-order valence-electron chi connectivity index (χ3n) is 4.67. The monoisotopic (exact) mass is 440 g/mol. The number of hydrogen-bond donors (Lipinski definition) is 3. The lowest BCUT2D eigenvalue weighted by Crippen LogP contribution is -2.16. The van der Waals surface area contributed by atoms with E-state index in [1.54, 1.807) is 24.3 Å². The second-order valence-electron chi connectivity index (χ2n) is 7.02. The van der Waals surface area contributed by atoms with Crippen LogP contribution in [-0.2, 0) is 21.2 Å². The molecule has 0 saturated heterocycles. The van der Waals surface area contributed by atoms with Crippen LogP contribution in [0.1, 0.15) is 17.5 Å².